The maximum Gasteiger partial charge on any atom is 0.310 e. The molecule has 1 aliphatic rings. The molecule has 1 aliphatic heterocycles. The van der Waals surface area contributed by atoms with Crippen molar-refractivity contribution in [2.75, 3.05) is 33.9 Å². The number of esters is 1. The molecule has 1 N–H and O–H groups in total. The second kappa shape index (κ2) is 9.10. The fourth-order valence-electron chi connectivity index (χ4n) is 2.77. The number of guanidine groups is 1. The number of likely N-dealkylation sites (tertiary alicyclic amines) is 1. The van der Waals surface area contributed by atoms with E-state index in [0.29, 0.717) is 25.6 Å². The van der Waals surface area contributed by atoms with Gasteiger partial charge in [0.2, 0.25) is 5.88 Å². The molecule has 1 aromatic rings. The van der Waals surface area contributed by atoms with Gasteiger partial charge in [-0.05, 0) is 25.3 Å². The third-order valence-electron chi connectivity index (χ3n) is 4.01. The molecule has 24 heavy (non-hydrogen) atoms. The highest BCUT2D eigenvalue weighted by Crippen LogP contribution is 2.18. The summed E-state index contributed by atoms with van der Waals surface area (Å²) < 4.78 is 10.2. The van der Waals surface area contributed by atoms with Crippen LogP contribution in [0.15, 0.2) is 23.3 Å². The Hall–Kier alpha value is -2.31. The maximum absolute atomic E-state index is 12.0. The van der Waals surface area contributed by atoms with Gasteiger partial charge < -0.3 is 19.7 Å². The zero-order chi connectivity index (χ0) is 17.4. The van der Waals surface area contributed by atoms with Gasteiger partial charge in [-0.2, -0.15) is 0 Å². The third-order valence-corrected chi connectivity index (χ3v) is 4.01. The molecule has 0 bridgehead atoms. The molecule has 0 spiro atoms. The lowest BCUT2D eigenvalue weighted by atomic mass is 9.98. The Bertz CT molecular complexity index is 559. The highest BCUT2D eigenvalue weighted by Gasteiger charge is 2.28. The lowest BCUT2D eigenvalue weighted by molar-refractivity contribution is -0.149. The summed E-state index contributed by atoms with van der Waals surface area (Å²) in [6, 6.07) is 3.79. The summed E-state index contributed by atoms with van der Waals surface area (Å²) in [6.45, 7) is 4.40. The molecule has 0 amide bonds. The molecule has 1 fully saturated rings. The molecular formula is C17H26N4O3. The van der Waals surface area contributed by atoms with Crippen LogP contribution in [0, 0.1) is 5.92 Å². The van der Waals surface area contributed by atoms with Crippen molar-refractivity contribution in [2.45, 2.75) is 26.3 Å². The summed E-state index contributed by atoms with van der Waals surface area (Å²) in [5, 5.41) is 3.33. The number of carbonyl (C=O) groups is 1. The molecule has 0 aromatic carbocycles. The second-order valence-electron chi connectivity index (χ2n) is 5.65. The largest absolute Gasteiger partial charge is 0.481 e. The molecule has 7 heteroatoms. The average molecular weight is 334 g/mol. The van der Waals surface area contributed by atoms with Crippen molar-refractivity contribution < 1.29 is 14.3 Å². The number of ether oxygens (including phenoxy) is 2. The summed E-state index contributed by atoms with van der Waals surface area (Å²) in [4.78, 5) is 22.6. The van der Waals surface area contributed by atoms with E-state index in [1.165, 1.54) is 0 Å². The van der Waals surface area contributed by atoms with E-state index >= 15 is 0 Å². The van der Waals surface area contributed by atoms with Gasteiger partial charge in [0.1, 0.15) is 0 Å². The Morgan fingerprint density at radius 3 is 2.96 bits per heavy atom. The average Bonchev–Trinajstić information content (AvgIpc) is 2.63. The van der Waals surface area contributed by atoms with Crippen LogP contribution in [-0.2, 0) is 16.1 Å². The van der Waals surface area contributed by atoms with Gasteiger partial charge in [0, 0.05) is 38.9 Å². The van der Waals surface area contributed by atoms with Gasteiger partial charge in [-0.1, -0.05) is 6.07 Å². The van der Waals surface area contributed by atoms with Gasteiger partial charge in [0.15, 0.2) is 5.96 Å². The predicted octanol–water partition coefficient (Wildman–Crippen LogP) is 1.44. The lowest BCUT2D eigenvalue weighted by Crippen LogP contribution is -2.48. The molecule has 7 nitrogen and oxygen atoms in total. The molecule has 0 aliphatic carbocycles. The first kappa shape index (κ1) is 18.0. The van der Waals surface area contributed by atoms with Crippen LogP contribution >= 0.6 is 0 Å². The summed E-state index contributed by atoms with van der Waals surface area (Å²) in [7, 11) is 3.35. The van der Waals surface area contributed by atoms with E-state index in [4.69, 9.17) is 9.47 Å². The van der Waals surface area contributed by atoms with E-state index in [-0.39, 0.29) is 11.9 Å². The number of carbonyl (C=O) groups excluding carboxylic acids is 1. The molecular weight excluding hydrogens is 308 g/mol. The number of piperidine rings is 1. The van der Waals surface area contributed by atoms with Crippen molar-refractivity contribution in [3.05, 3.63) is 23.9 Å². The van der Waals surface area contributed by atoms with Crippen molar-refractivity contribution in [1.82, 2.24) is 15.2 Å². The zero-order valence-electron chi connectivity index (χ0n) is 14.6. The van der Waals surface area contributed by atoms with Crippen LogP contribution in [0.5, 0.6) is 5.88 Å². The topological polar surface area (TPSA) is 76.0 Å². The van der Waals surface area contributed by atoms with E-state index in [2.05, 4.69) is 20.2 Å². The Morgan fingerprint density at radius 2 is 2.33 bits per heavy atom. The van der Waals surface area contributed by atoms with Crippen LogP contribution in [0.3, 0.4) is 0 Å². The number of aliphatic imine (C=N–C) groups is 1. The summed E-state index contributed by atoms with van der Waals surface area (Å²) in [5.41, 5.74) is 1.04. The lowest BCUT2D eigenvalue weighted by Gasteiger charge is -2.33. The first-order valence-corrected chi connectivity index (χ1v) is 8.29. The van der Waals surface area contributed by atoms with Crippen molar-refractivity contribution in [3.63, 3.8) is 0 Å². The smallest absolute Gasteiger partial charge is 0.310 e. The first-order chi connectivity index (χ1) is 11.7. The number of nitrogens with zero attached hydrogens (tertiary/aromatic N) is 3. The minimum Gasteiger partial charge on any atom is -0.481 e. The molecule has 2 heterocycles. The second-order valence-corrected chi connectivity index (χ2v) is 5.65. The van der Waals surface area contributed by atoms with Crippen molar-refractivity contribution in [3.8, 4) is 5.88 Å². The van der Waals surface area contributed by atoms with Crippen LogP contribution in [-0.4, -0.2) is 55.7 Å². The van der Waals surface area contributed by atoms with Gasteiger partial charge >= 0.3 is 5.97 Å². The number of pyridine rings is 1. The number of aromatic nitrogens is 1. The molecule has 1 unspecified atom stereocenters. The Kier molecular flexibility index (Phi) is 6.84. The summed E-state index contributed by atoms with van der Waals surface area (Å²) >= 11 is 0. The Balaban J connectivity index is 1.91. The number of methoxy groups -OCH3 is 1. The predicted molar refractivity (Wildman–Crippen MR) is 91.9 cm³/mol. The molecule has 0 saturated carbocycles. The van der Waals surface area contributed by atoms with Crippen molar-refractivity contribution in [1.29, 1.82) is 0 Å². The summed E-state index contributed by atoms with van der Waals surface area (Å²) in [6.07, 6.45) is 3.60. The monoisotopic (exact) mass is 334 g/mol. The van der Waals surface area contributed by atoms with Gasteiger partial charge in [-0.15, -0.1) is 0 Å². The molecule has 1 aromatic heterocycles. The number of hydrogen-bond acceptors (Lipinski definition) is 5. The maximum atomic E-state index is 12.0. The Labute approximate surface area is 143 Å². The van der Waals surface area contributed by atoms with Crippen LogP contribution in [0.2, 0.25) is 0 Å². The van der Waals surface area contributed by atoms with Crippen LogP contribution in [0.25, 0.3) is 0 Å². The SMILES string of the molecule is CCOC(=O)C1CCCN(C(=NC)NCc2ccc(OC)nc2)C1. The van der Waals surface area contributed by atoms with Gasteiger partial charge in [-0.3, -0.25) is 9.79 Å². The normalized spacial score (nSPS) is 18.2. The van der Waals surface area contributed by atoms with E-state index in [0.717, 1.165) is 30.9 Å². The van der Waals surface area contributed by atoms with Gasteiger partial charge in [0.05, 0.1) is 19.6 Å². The van der Waals surface area contributed by atoms with E-state index in [1.807, 2.05) is 19.1 Å². The van der Waals surface area contributed by atoms with Crippen molar-refractivity contribution >= 4 is 11.9 Å². The Morgan fingerprint density at radius 1 is 1.50 bits per heavy atom. The third kappa shape index (κ3) is 4.84. The zero-order valence-corrected chi connectivity index (χ0v) is 14.6. The molecule has 132 valence electrons. The number of rotatable bonds is 5. The molecule has 0 radical (unpaired) electrons. The fourth-order valence-corrected chi connectivity index (χ4v) is 2.77. The molecule has 2 rings (SSSR count). The minimum absolute atomic E-state index is 0.0834. The van der Waals surface area contributed by atoms with Crippen LogP contribution in [0.4, 0.5) is 0 Å². The highest BCUT2D eigenvalue weighted by molar-refractivity contribution is 5.81. The van der Waals surface area contributed by atoms with Gasteiger partial charge in [0.25, 0.3) is 0 Å². The van der Waals surface area contributed by atoms with Crippen LogP contribution in [0.1, 0.15) is 25.3 Å². The minimum atomic E-state index is -0.114. The van der Waals surface area contributed by atoms with Gasteiger partial charge in [-0.25, -0.2) is 4.98 Å². The standard InChI is InChI=1S/C17H26N4O3/c1-4-24-16(22)14-6-5-9-21(12-14)17(18-2)20-11-13-7-8-15(23-3)19-10-13/h7-8,10,14H,4-6,9,11-12H2,1-3H3,(H,18,20). The first-order valence-electron chi connectivity index (χ1n) is 8.29. The quantitative estimate of drug-likeness (QED) is 0.499. The fraction of sp³-hybridized carbons (Fsp3) is 0.588. The number of hydrogen-bond donors (Lipinski definition) is 1. The van der Waals surface area contributed by atoms with E-state index in [1.54, 1.807) is 20.4 Å². The van der Waals surface area contributed by atoms with Crippen LogP contribution < -0.4 is 10.1 Å². The van der Waals surface area contributed by atoms with Crippen molar-refractivity contribution in [2.24, 2.45) is 10.9 Å². The summed E-state index contributed by atoms with van der Waals surface area (Å²) in [5.74, 6) is 1.19. The molecule has 1 atom stereocenters. The van der Waals surface area contributed by atoms with E-state index < -0.39 is 0 Å². The number of nitrogens with one attached hydrogen (secondary N) is 1. The van der Waals surface area contributed by atoms with E-state index in [9.17, 15) is 4.79 Å². The highest BCUT2D eigenvalue weighted by atomic mass is 16.5. The molecule has 1 saturated heterocycles.